The molecule has 0 amide bonds. The van der Waals surface area contributed by atoms with Gasteiger partial charge in [-0.05, 0) is 50.3 Å². The predicted molar refractivity (Wildman–Crippen MR) is 107 cm³/mol. The molecule has 6 rings (SSSR count). The SMILES string of the molecule is Cc1ccc([C@@H]2CN(Cc3cc(C(C)C)no3)[C@H]3C4CCN(CC4)[C@@H]23)cc1. The minimum atomic E-state index is 0.422. The zero-order chi connectivity index (χ0) is 18.5. The van der Waals surface area contributed by atoms with Crippen LogP contribution in [-0.2, 0) is 6.54 Å². The summed E-state index contributed by atoms with van der Waals surface area (Å²) in [5.41, 5.74) is 3.93. The Morgan fingerprint density at radius 3 is 2.52 bits per heavy atom. The second-order valence-electron chi connectivity index (χ2n) is 9.17. The van der Waals surface area contributed by atoms with E-state index in [1.54, 1.807) is 0 Å². The van der Waals surface area contributed by atoms with Gasteiger partial charge in [0.1, 0.15) is 0 Å². The molecule has 5 heterocycles. The first-order valence-electron chi connectivity index (χ1n) is 10.6. The monoisotopic (exact) mass is 365 g/mol. The minimum absolute atomic E-state index is 0.422. The standard InChI is InChI=1S/C23H31N3O/c1-15(2)21-12-19(27-24-21)13-26-14-20(17-6-4-16(3)5-7-17)23-22(26)18-8-10-25(23)11-9-18/h4-7,12,15,18,20,22-23H,8-11,13-14H2,1-3H3/t20-,22-,23-/m0/s1. The van der Waals surface area contributed by atoms with E-state index in [2.05, 4.69) is 66.1 Å². The van der Waals surface area contributed by atoms with Gasteiger partial charge in [0.2, 0.25) is 0 Å². The van der Waals surface area contributed by atoms with E-state index in [4.69, 9.17) is 4.52 Å². The van der Waals surface area contributed by atoms with Crippen LogP contribution in [0, 0.1) is 12.8 Å². The Morgan fingerprint density at radius 2 is 1.85 bits per heavy atom. The average Bonchev–Trinajstić information content (AvgIpc) is 3.30. The van der Waals surface area contributed by atoms with Crippen molar-refractivity contribution < 1.29 is 4.52 Å². The quantitative estimate of drug-likeness (QED) is 0.814. The Labute approximate surface area is 162 Å². The predicted octanol–water partition coefficient (Wildman–Crippen LogP) is 4.17. The van der Waals surface area contributed by atoms with Gasteiger partial charge in [0.15, 0.2) is 5.76 Å². The lowest BCUT2D eigenvalue weighted by Gasteiger charge is -2.51. The van der Waals surface area contributed by atoms with Crippen molar-refractivity contribution in [2.75, 3.05) is 19.6 Å². The summed E-state index contributed by atoms with van der Waals surface area (Å²) in [4.78, 5) is 5.48. The molecule has 4 heteroatoms. The van der Waals surface area contributed by atoms with Crippen LogP contribution in [0.3, 0.4) is 0 Å². The summed E-state index contributed by atoms with van der Waals surface area (Å²) in [7, 11) is 0. The third kappa shape index (κ3) is 3.03. The summed E-state index contributed by atoms with van der Waals surface area (Å²) in [6.07, 6.45) is 2.71. The van der Waals surface area contributed by atoms with Gasteiger partial charge in [0, 0.05) is 30.6 Å². The first-order valence-corrected chi connectivity index (χ1v) is 10.6. The number of fused-ring (bicyclic) bond motifs is 2. The van der Waals surface area contributed by atoms with Crippen LogP contribution in [0.2, 0.25) is 0 Å². The van der Waals surface area contributed by atoms with Crippen LogP contribution in [0.15, 0.2) is 34.9 Å². The molecular formula is C23H31N3O. The minimum Gasteiger partial charge on any atom is -0.360 e. The molecule has 0 aliphatic carbocycles. The number of rotatable bonds is 4. The maximum Gasteiger partial charge on any atom is 0.150 e. The van der Waals surface area contributed by atoms with Crippen LogP contribution < -0.4 is 0 Å². The highest BCUT2D eigenvalue weighted by molar-refractivity contribution is 5.30. The van der Waals surface area contributed by atoms with Crippen molar-refractivity contribution >= 4 is 0 Å². The number of hydrogen-bond acceptors (Lipinski definition) is 4. The van der Waals surface area contributed by atoms with E-state index in [9.17, 15) is 0 Å². The van der Waals surface area contributed by atoms with Gasteiger partial charge < -0.3 is 4.52 Å². The number of aryl methyl sites for hydroxylation is 1. The van der Waals surface area contributed by atoms with Gasteiger partial charge in [0.25, 0.3) is 0 Å². The normalized spacial score (nSPS) is 33.0. The molecule has 0 N–H and O–H groups in total. The highest BCUT2D eigenvalue weighted by Gasteiger charge is 2.53. The lowest BCUT2D eigenvalue weighted by atomic mass is 9.75. The van der Waals surface area contributed by atoms with Crippen molar-refractivity contribution in [2.45, 2.75) is 64.1 Å². The summed E-state index contributed by atoms with van der Waals surface area (Å²) >= 11 is 0. The summed E-state index contributed by atoms with van der Waals surface area (Å²) in [6.45, 7) is 11.1. The number of hydrogen-bond donors (Lipinski definition) is 0. The van der Waals surface area contributed by atoms with Gasteiger partial charge in [-0.15, -0.1) is 0 Å². The van der Waals surface area contributed by atoms with E-state index in [0.717, 1.165) is 30.5 Å². The number of piperidine rings is 3. The molecule has 1 aromatic heterocycles. The Morgan fingerprint density at radius 1 is 1.11 bits per heavy atom. The second kappa shape index (κ2) is 6.75. The van der Waals surface area contributed by atoms with Crippen molar-refractivity contribution in [3.05, 3.63) is 52.9 Å². The number of likely N-dealkylation sites (tertiary alicyclic amines) is 1. The van der Waals surface area contributed by atoms with Crippen molar-refractivity contribution in [2.24, 2.45) is 5.92 Å². The zero-order valence-electron chi connectivity index (χ0n) is 16.8. The van der Waals surface area contributed by atoms with Gasteiger partial charge in [-0.2, -0.15) is 0 Å². The van der Waals surface area contributed by atoms with E-state index in [-0.39, 0.29) is 0 Å². The number of nitrogens with zero attached hydrogens (tertiary/aromatic N) is 3. The molecule has 0 unspecified atom stereocenters. The summed E-state index contributed by atoms with van der Waals surface area (Å²) in [5, 5.41) is 4.28. The third-order valence-electron chi connectivity index (χ3n) is 7.13. The molecule has 4 fully saturated rings. The summed E-state index contributed by atoms with van der Waals surface area (Å²) in [6, 6.07) is 12.7. The molecule has 0 spiro atoms. The van der Waals surface area contributed by atoms with Gasteiger partial charge in [-0.3, -0.25) is 9.80 Å². The fourth-order valence-electron chi connectivity index (χ4n) is 5.70. The Bertz CT molecular complexity index is 788. The molecule has 4 aliphatic heterocycles. The molecule has 3 atom stereocenters. The van der Waals surface area contributed by atoms with Crippen LogP contribution in [0.25, 0.3) is 0 Å². The van der Waals surface area contributed by atoms with Crippen molar-refractivity contribution in [1.29, 1.82) is 0 Å². The maximum atomic E-state index is 5.70. The number of benzene rings is 1. The average molecular weight is 366 g/mol. The smallest absolute Gasteiger partial charge is 0.150 e. The fourth-order valence-corrected chi connectivity index (χ4v) is 5.70. The molecule has 4 saturated heterocycles. The molecule has 0 radical (unpaired) electrons. The lowest BCUT2D eigenvalue weighted by Crippen LogP contribution is -2.59. The molecule has 4 nitrogen and oxygen atoms in total. The molecule has 4 aliphatic rings. The van der Waals surface area contributed by atoms with Crippen LogP contribution in [0.5, 0.6) is 0 Å². The maximum absolute atomic E-state index is 5.70. The highest BCUT2D eigenvalue weighted by Crippen LogP contribution is 2.47. The summed E-state index contributed by atoms with van der Waals surface area (Å²) in [5.74, 6) is 2.89. The second-order valence-corrected chi connectivity index (χ2v) is 9.17. The van der Waals surface area contributed by atoms with Crippen LogP contribution in [0.1, 0.15) is 61.1 Å². The van der Waals surface area contributed by atoms with Crippen molar-refractivity contribution in [3.8, 4) is 0 Å². The third-order valence-corrected chi connectivity index (χ3v) is 7.13. The van der Waals surface area contributed by atoms with Gasteiger partial charge in [-0.1, -0.05) is 48.8 Å². The topological polar surface area (TPSA) is 32.5 Å². The Balaban J connectivity index is 1.44. The molecule has 27 heavy (non-hydrogen) atoms. The van der Waals surface area contributed by atoms with Gasteiger partial charge in [-0.25, -0.2) is 0 Å². The zero-order valence-corrected chi connectivity index (χ0v) is 16.8. The fraction of sp³-hybridized carbons (Fsp3) is 0.609. The lowest BCUT2D eigenvalue weighted by molar-refractivity contribution is -0.0105. The molecule has 2 bridgehead atoms. The van der Waals surface area contributed by atoms with E-state index < -0.39 is 0 Å². The van der Waals surface area contributed by atoms with Crippen LogP contribution in [-0.4, -0.2) is 46.7 Å². The largest absolute Gasteiger partial charge is 0.360 e. The van der Waals surface area contributed by atoms with Crippen LogP contribution in [0.4, 0.5) is 0 Å². The number of aromatic nitrogens is 1. The Hall–Kier alpha value is -1.65. The van der Waals surface area contributed by atoms with E-state index >= 15 is 0 Å². The molecule has 144 valence electrons. The van der Waals surface area contributed by atoms with E-state index in [1.165, 1.54) is 37.1 Å². The molecule has 2 aromatic rings. The molecular weight excluding hydrogens is 334 g/mol. The molecule has 0 saturated carbocycles. The highest BCUT2D eigenvalue weighted by atomic mass is 16.5. The van der Waals surface area contributed by atoms with Gasteiger partial charge in [0.05, 0.1) is 12.2 Å². The van der Waals surface area contributed by atoms with Crippen molar-refractivity contribution in [1.82, 2.24) is 15.0 Å². The van der Waals surface area contributed by atoms with Crippen molar-refractivity contribution in [3.63, 3.8) is 0 Å². The first-order chi connectivity index (χ1) is 13.1. The van der Waals surface area contributed by atoms with E-state index in [0.29, 0.717) is 23.9 Å². The summed E-state index contributed by atoms with van der Waals surface area (Å²) < 4.78 is 5.70. The first kappa shape index (κ1) is 17.4. The van der Waals surface area contributed by atoms with Crippen LogP contribution >= 0.6 is 0 Å². The van der Waals surface area contributed by atoms with Gasteiger partial charge >= 0.3 is 0 Å². The Kier molecular flexibility index (Phi) is 4.36. The van der Waals surface area contributed by atoms with E-state index in [1.807, 2.05) is 0 Å². The molecule has 1 aromatic carbocycles.